The summed E-state index contributed by atoms with van der Waals surface area (Å²) >= 11 is 0. The molecule has 1 rings (SSSR count). The number of hydrogen-bond acceptors (Lipinski definition) is 4. The van der Waals surface area contributed by atoms with Crippen molar-refractivity contribution in [3.63, 3.8) is 0 Å². The zero-order valence-electron chi connectivity index (χ0n) is 11.7. The largest absolute Gasteiger partial charge is 0.480 e. The molecule has 1 aromatic carbocycles. The highest BCUT2D eigenvalue weighted by Crippen LogP contribution is 2.22. The number of hydrogen-bond donors (Lipinski definition) is 2. The number of likely N-dealkylation sites (N-methyl/N-ethyl adjacent to an activating group) is 2. The van der Waals surface area contributed by atoms with Gasteiger partial charge in [-0.25, -0.2) is 4.79 Å². The van der Waals surface area contributed by atoms with Crippen molar-refractivity contribution in [2.75, 3.05) is 40.9 Å². The molecule has 1 atom stereocenters. The van der Waals surface area contributed by atoms with Gasteiger partial charge < -0.3 is 20.1 Å². The van der Waals surface area contributed by atoms with Gasteiger partial charge in [0, 0.05) is 20.2 Å². The van der Waals surface area contributed by atoms with E-state index in [1.807, 2.05) is 42.3 Å². The maximum absolute atomic E-state index is 11.7. The molecule has 0 amide bonds. The Morgan fingerprint density at radius 3 is 2.53 bits per heavy atom. The Balaban J connectivity index is 2.97. The number of carboxylic acids is 1. The average molecular weight is 266 g/mol. The minimum atomic E-state index is -1.11. The van der Waals surface area contributed by atoms with Crippen LogP contribution in [-0.2, 0) is 15.1 Å². The Labute approximate surface area is 114 Å². The number of benzene rings is 1. The number of methoxy groups -OCH3 is 1. The normalized spacial score (nSPS) is 14.3. The standard InChI is InChI=1S/C14H22N2O3/c1-15-14(13(17)18,11-16(2)9-10-19-3)12-7-5-4-6-8-12/h4-8,15H,9-11H2,1-3H3,(H,17,18). The van der Waals surface area contributed by atoms with E-state index in [1.165, 1.54) is 0 Å². The van der Waals surface area contributed by atoms with E-state index in [-0.39, 0.29) is 0 Å². The summed E-state index contributed by atoms with van der Waals surface area (Å²) in [6.45, 7) is 1.62. The van der Waals surface area contributed by atoms with Crippen molar-refractivity contribution in [3.8, 4) is 0 Å². The monoisotopic (exact) mass is 266 g/mol. The van der Waals surface area contributed by atoms with Crippen LogP contribution in [0.1, 0.15) is 5.56 Å². The molecule has 0 aliphatic heterocycles. The number of ether oxygens (including phenoxy) is 1. The number of rotatable bonds is 8. The highest BCUT2D eigenvalue weighted by molar-refractivity contribution is 5.81. The van der Waals surface area contributed by atoms with Gasteiger partial charge in [-0.3, -0.25) is 0 Å². The molecule has 0 spiro atoms. The lowest BCUT2D eigenvalue weighted by Crippen LogP contribution is -2.54. The quantitative estimate of drug-likeness (QED) is 0.727. The molecule has 1 unspecified atom stereocenters. The zero-order chi connectivity index (χ0) is 14.3. The first-order valence-electron chi connectivity index (χ1n) is 6.22. The van der Waals surface area contributed by atoms with E-state index in [0.29, 0.717) is 19.7 Å². The summed E-state index contributed by atoms with van der Waals surface area (Å²) in [7, 11) is 5.19. The third-order valence-electron chi connectivity index (χ3n) is 3.24. The minimum Gasteiger partial charge on any atom is -0.480 e. The molecule has 0 aliphatic carbocycles. The Morgan fingerprint density at radius 1 is 1.42 bits per heavy atom. The van der Waals surface area contributed by atoms with Crippen LogP contribution in [-0.4, -0.2) is 56.9 Å². The smallest absolute Gasteiger partial charge is 0.329 e. The molecule has 0 aliphatic rings. The van der Waals surface area contributed by atoms with Crippen LogP contribution in [0.5, 0.6) is 0 Å². The van der Waals surface area contributed by atoms with Crippen LogP contribution in [0, 0.1) is 0 Å². The van der Waals surface area contributed by atoms with Gasteiger partial charge in [0.25, 0.3) is 0 Å². The van der Waals surface area contributed by atoms with Crippen molar-refractivity contribution in [2.45, 2.75) is 5.54 Å². The van der Waals surface area contributed by atoms with E-state index in [4.69, 9.17) is 4.74 Å². The maximum Gasteiger partial charge on any atom is 0.329 e. The van der Waals surface area contributed by atoms with Gasteiger partial charge in [-0.15, -0.1) is 0 Å². The van der Waals surface area contributed by atoms with Gasteiger partial charge in [-0.2, -0.15) is 0 Å². The summed E-state index contributed by atoms with van der Waals surface area (Å²) in [6, 6.07) is 9.23. The average Bonchev–Trinajstić information content (AvgIpc) is 2.43. The lowest BCUT2D eigenvalue weighted by molar-refractivity contribution is -0.146. The Hall–Kier alpha value is -1.43. The van der Waals surface area contributed by atoms with Crippen molar-refractivity contribution < 1.29 is 14.6 Å². The molecule has 0 saturated carbocycles. The maximum atomic E-state index is 11.7. The number of aliphatic carboxylic acids is 1. The molecule has 2 N–H and O–H groups in total. The number of nitrogens with zero attached hydrogens (tertiary/aromatic N) is 1. The summed E-state index contributed by atoms with van der Waals surface area (Å²) in [4.78, 5) is 13.7. The van der Waals surface area contributed by atoms with E-state index >= 15 is 0 Å². The second kappa shape index (κ2) is 7.23. The SMILES string of the molecule is CNC(CN(C)CCOC)(C(=O)O)c1ccccc1. The van der Waals surface area contributed by atoms with Gasteiger partial charge in [0.1, 0.15) is 0 Å². The highest BCUT2D eigenvalue weighted by atomic mass is 16.5. The molecule has 106 valence electrons. The lowest BCUT2D eigenvalue weighted by atomic mass is 9.89. The van der Waals surface area contributed by atoms with Crippen LogP contribution in [0.3, 0.4) is 0 Å². The van der Waals surface area contributed by atoms with Crippen LogP contribution < -0.4 is 5.32 Å². The van der Waals surface area contributed by atoms with Crippen LogP contribution in [0.15, 0.2) is 30.3 Å². The fourth-order valence-electron chi connectivity index (χ4n) is 2.07. The summed E-state index contributed by atoms with van der Waals surface area (Å²) in [5.74, 6) is -0.884. The summed E-state index contributed by atoms with van der Waals surface area (Å²) < 4.78 is 5.02. The second-order valence-electron chi connectivity index (χ2n) is 4.56. The number of nitrogens with one attached hydrogen (secondary N) is 1. The van der Waals surface area contributed by atoms with E-state index in [9.17, 15) is 9.90 Å². The van der Waals surface area contributed by atoms with E-state index < -0.39 is 11.5 Å². The van der Waals surface area contributed by atoms with E-state index in [2.05, 4.69) is 5.32 Å². The molecular formula is C14H22N2O3. The molecule has 0 radical (unpaired) electrons. The Morgan fingerprint density at radius 2 is 2.05 bits per heavy atom. The third kappa shape index (κ3) is 3.76. The van der Waals surface area contributed by atoms with Crippen LogP contribution in [0.2, 0.25) is 0 Å². The van der Waals surface area contributed by atoms with Crippen LogP contribution in [0.4, 0.5) is 0 Å². The second-order valence-corrected chi connectivity index (χ2v) is 4.56. The molecule has 19 heavy (non-hydrogen) atoms. The molecule has 1 aromatic rings. The van der Waals surface area contributed by atoms with Crippen molar-refractivity contribution in [1.29, 1.82) is 0 Å². The van der Waals surface area contributed by atoms with Gasteiger partial charge in [-0.1, -0.05) is 30.3 Å². The van der Waals surface area contributed by atoms with Crippen molar-refractivity contribution in [3.05, 3.63) is 35.9 Å². The molecule has 0 fully saturated rings. The van der Waals surface area contributed by atoms with Crippen LogP contribution in [0.25, 0.3) is 0 Å². The van der Waals surface area contributed by atoms with Gasteiger partial charge in [-0.05, 0) is 19.7 Å². The fourth-order valence-corrected chi connectivity index (χ4v) is 2.07. The molecule has 0 saturated heterocycles. The fraction of sp³-hybridized carbons (Fsp3) is 0.500. The van der Waals surface area contributed by atoms with Gasteiger partial charge in [0.15, 0.2) is 5.54 Å². The van der Waals surface area contributed by atoms with Crippen molar-refractivity contribution in [1.82, 2.24) is 10.2 Å². The molecular weight excluding hydrogens is 244 g/mol. The van der Waals surface area contributed by atoms with Gasteiger partial charge in [0.2, 0.25) is 0 Å². The first kappa shape index (κ1) is 15.6. The molecule has 5 heteroatoms. The van der Waals surface area contributed by atoms with Crippen molar-refractivity contribution >= 4 is 5.97 Å². The first-order valence-corrected chi connectivity index (χ1v) is 6.22. The van der Waals surface area contributed by atoms with Crippen molar-refractivity contribution in [2.24, 2.45) is 0 Å². The Bertz CT molecular complexity index is 397. The lowest BCUT2D eigenvalue weighted by Gasteiger charge is -2.33. The topological polar surface area (TPSA) is 61.8 Å². The summed E-state index contributed by atoms with van der Waals surface area (Å²) in [5, 5.41) is 12.6. The highest BCUT2D eigenvalue weighted by Gasteiger charge is 2.39. The van der Waals surface area contributed by atoms with Gasteiger partial charge >= 0.3 is 5.97 Å². The zero-order valence-corrected chi connectivity index (χ0v) is 11.7. The molecule has 0 bridgehead atoms. The summed E-state index contributed by atoms with van der Waals surface area (Å²) in [5.41, 5.74) is -0.363. The predicted molar refractivity (Wildman–Crippen MR) is 74.2 cm³/mol. The molecule has 0 heterocycles. The Kier molecular flexibility index (Phi) is 5.95. The summed E-state index contributed by atoms with van der Waals surface area (Å²) in [6.07, 6.45) is 0. The number of carbonyl (C=O) groups is 1. The molecule has 0 aromatic heterocycles. The minimum absolute atomic E-state index is 0.367. The van der Waals surface area contributed by atoms with E-state index in [1.54, 1.807) is 14.2 Å². The number of carboxylic acid groups (broad SMARTS) is 1. The molecule has 5 nitrogen and oxygen atoms in total. The third-order valence-corrected chi connectivity index (χ3v) is 3.24. The predicted octanol–water partition coefficient (Wildman–Crippen LogP) is 0.764. The van der Waals surface area contributed by atoms with E-state index in [0.717, 1.165) is 5.56 Å². The van der Waals surface area contributed by atoms with Crippen LogP contribution >= 0.6 is 0 Å². The van der Waals surface area contributed by atoms with Gasteiger partial charge in [0.05, 0.1) is 6.61 Å². The first-order chi connectivity index (χ1) is 9.06.